The molecule has 1 rings (SSSR count). The first-order chi connectivity index (χ1) is 5.15. The third-order valence-electron chi connectivity index (χ3n) is 1.30. The van der Waals surface area contributed by atoms with Gasteiger partial charge in [-0.1, -0.05) is 0 Å². The first kappa shape index (κ1) is 7.65. The Balaban J connectivity index is 3.21. The SMILES string of the molecule is COc1cc(F)c(O)cc1N. The van der Waals surface area contributed by atoms with Gasteiger partial charge in [0.2, 0.25) is 0 Å². The van der Waals surface area contributed by atoms with Crippen LogP contribution in [0.5, 0.6) is 11.5 Å². The van der Waals surface area contributed by atoms with Gasteiger partial charge in [-0.25, -0.2) is 4.39 Å². The van der Waals surface area contributed by atoms with Crippen molar-refractivity contribution in [3.05, 3.63) is 17.9 Å². The van der Waals surface area contributed by atoms with Crippen molar-refractivity contribution in [2.75, 3.05) is 12.8 Å². The Hall–Kier alpha value is -1.45. The van der Waals surface area contributed by atoms with Crippen molar-refractivity contribution in [2.24, 2.45) is 0 Å². The van der Waals surface area contributed by atoms with E-state index in [-0.39, 0.29) is 11.4 Å². The molecule has 11 heavy (non-hydrogen) atoms. The van der Waals surface area contributed by atoms with Crippen LogP contribution in [0.1, 0.15) is 0 Å². The van der Waals surface area contributed by atoms with Crippen molar-refractivity contribution < 1.29 is 14.2 Å². The van der Waals surface area contributed by atoms with Crippen LogP contribution in [0.15, 0.2) is 12.1 Å². The highest BCUT2D eigenvalue weighted by molar-refractivity contribution is 5.56. The van der Waals surface area contributed by atoms with Crippen molar-refractivity contribution in [3.63, 3.8) is 0 Å². The van der Waals surface area contributed by atoms with Gasteiger partial charge >= 0.3 is 0 Å². The molecule has 60 valence electrons. The van der Waals surface area contributed by atoms with Gasteiger partial charge in [0.1, 0.15) is 5.75 Å². The summed E-state index contributed by atoms with van der Waals surface area (Å²) in [7, 11) is 1.38. The van der Waals surface area contributed by atoms with Gasteiger partial charge in [0, 0.05) is 12.1 Å². The number of rotatable bonds is 1. The van der Waals surface area contributed by atoms with Crippen LogP contribution in [0.3, 0.4) is 0 Å². The number of hydrogen-bond donors (Lipinski definition) is 2. The number of aromatic hydroxyl groups is 1. The summed E-state index contributed by atoms with van der Waals surface area (Å²) in [6.07, 6.45) is 0. The van der Waals surface area contributed by atoms with Crippen molar-refractivity contribution in [1.29, 1.82) is 0 Å². The number of methoxy groups -OCH3 is 1. The van der Waals surface area contributed by atoms with Crippen LogP contribution in [0.2, 0.25) is 0 Å². The maximum absolute atomic E-state index is 12.6. The lowest BCUT2D eigenvalue weighted by molar-refractivity contribution is 0.401. The lowest BCUT2D eigenvalue weighted by Gasteiger charge is -2.04. The van der Waals surface area contributed by atoms with Crippen molar-refractivity contribution in [1.82, 2.24) is 0 Å². The lowest BCUT2D eigenvalue weighted by Crippen LogP contribution is -1.92. The van der Waals surface area contributed by atoms with E-state index >= 15 is 0 Å². The molecule has 0 aliphatic heterocycles. The summed E-state index contributed by atoms with van der Waals surface area (Å²) >= 11 is 0. The molecule has 4 heteroatoms. The van der Waals surface area contributed by atoms with E-state index < -0.39 is 11.6 Å². The Labute approximate surface area is 63.2 Å². The molecule has 0 aromatic heterocycles. The molecule has 0 amide bonds. The Kier molecular flexibility index (Phi) is 1.85. The zero-order valence-corrected chi connectivity index (χ0v) is 5.97. The van der Waals surface area contributed by atoms with Crippen LogP contribution >= 0.6 is 0 Å². The molecule has 0 fully saturated rings. The van der Waals surface area contributed by atoms with Crippen molar-refractivity contribution in [3.8, 4) is 11.5 Å². The molecule has 0 bridgehead atoms. The minimum atomic E-state index is -0.740. The number of anilines is 1. The predicted molar refractivity (Wildman–Crippen MR) is 39.0 cm³/mol. The second-order valence-electron chi connectivity index (χ2n) is 2.05. The number of phenolic OH excluding ortho intramolecular Hbond substituents is 1. The zero-order valence-electron chi connectivity index (χ0n) is 5.97. The van der Waals surface area contributed by atoms with Crippen LogP contribution in [-0.2, 0) is 0 Å². The molecular weight excluding hydrogens is 149 g/mol. The lowest BCUT2D eigenvalue weighted by atomic mass is 10.2. The van der Waals surface area contributed by atoms with Gasteiger partial charge in [0.05, 0.1) is 12.8 Å². The van der Waals surface area contributed by atoms with Crippen LogP contribution in [0.25, 0.3) is 0 Å². The van der Waals surface area contributed by atoms with Gasteiger partial charge in [0.25, 0.3) is 0 Å². The molecule has 0 saturated heterocycles. The number of nitrogen functional groups attached to an aromatic ring is 1. The zero-order chi connectivity index (χ0) is 8.43. The van der Waals surface area contributed by atoms with E-state index in [0.717, 1.165) is 12.1 Å². The minimum Gasteiger partial charge on any atom is -0.505 e. The summed E-state index contributed by atoms with van der Waals surface area (Å²) in [4.78, 5) is 0. The normalized spacial score (nSPS) is 9.64. The van der Waals surface area contributed by atoms with Crippen LogP contribution in [0.4, 0.5) is 10.1 Å². The topological polar surface area (TPSA) is 55.5 Å². The molecule has 1 aromatic carbocycles. The van der Waals surface area contributed by atoms with Gasteiger partial charge in [-0.2, -0.15) is 0 Å². The van der Waals surface area contributed by atoms with Gasteiger partial charge in [-0.05, 0) is 0 Å². The third-order valence-corrected chi connectivity index (χ3v) is 1.30. The molecule has 0 unspecified atom stereocenters. The van der Waals surface area contributed by atoms with E-state index in [4.69, 9.17) is 15.6 Å². The fraction of sp³-hybridized carbons (Fsp3) is 0.143. The van der Waals surface area contributed by atoms with Crippen LogP contribution in [0, 0.1) is 5.82 Å². The Bertz CT molecular complexity index is 275. The minimum absolute atomic E-state index is 0.214. The molecule has 0 atom stereocenters. The maximum atomic E-state index is 12.6. The standard InChI is InChI=1S/C7H8FNO2/c1-11-7-2-4(8)6(10)3-5(7)9/h2-3,10H,9H2,1H3. The first-order valence-electron chi connectivity index (χ1n) is 2.97. The number of hydrogen-bond acceptors (Lipinski definition) is 3. The van der Waals surface area contributed by atoms with E-state index in [1.54, 1.807) is 0 Å². The molecular formula is C7H8FNO2. The molecule has 0 spiro atoms. The molecule has 0 aliphatic rings. The fourth-order valence-electron chi connectivity index (χ4n) is 0.737. The quantitative estimate of drug-likeness (QED) is 0.600. The second-order valence-corrected chi connectivity index (χ2v) is 2.05. The highest BCUT2D eigenvalue weighted by atomic mass is 19.1. The third kappa shape index (κ3) is 1.34. The molecule has 3 nitrogen and oxygen atoms in total. The summed E-state index contributed by atoms with van der Waals surface area (Å²) in [5.41, 5.74) is 5.56. The largest absolute Gasteiger partial charge is 0.505 e. The average Bonchev–Trinajstić information content (AvgIpc) is 1.97. The van der Waals surface area contributed by atoms with E-state index in [0.29, 0.717) is 0 Å². The van der Waals surface area contributed by atoms with E-state index in [1.807, 2.05) is 0 Å². The van der Waals surface area contributed by atoms with Crippen molar-refractivity contribution in [2.45, 2.75) is 0 Å². The summed E-state index contributed by atoms with van der Waals surface area (Å²) < 4.78 is 17.3. The molecule has 0 saturated carbocycles. The number of nitrogens with two attached hydrogens (primary N) is 1. The van der Waals surface area contributed by atoms with E-state index in [2.05, 4.69) is 0 Å². The van der Waals surface area contributed by atoms with Gasteiger partial charge in [-0.3, -0.25) is 0 Å². The highest BCUT2D eigenvalue weighted by Gasteiger charge is 2.05. The highest BCUT2D eigenvalue weighted by Crippen LogP contribution is 2.28. The summed E-state index contributed by atoms with van der Waals surface area (Å²) in [6, 6.07) is 2.14. The van der Waals surface area contributed by atoms with E-state index in [1.165, 1.54) is 7.11 Å². The number of phenols is 1. The predicted octanol–water partition coefficient (Wildman–Crippen LogP) is 1.12. The Morgan fingerprint density at radius 2 is 2.18 bits per heavy atom. The van der Waals surface area contributed by atoms with Gasteiger partial charge in [-0.15, -0.1) is 0 Å². The second kappa shape index (κ2) is 2.65. The van der Waals surface area contributed by atoms with Crippen LogP contribution in [-0.4, -0.2) is 12.2 Å². The molecule has 0 radical (unpaired) electrons. The average molecular weight is 157 g/mol. The Morgan fingerprint density at radius 1 is 1.55 bits per heavy atom. The summed E-state index contributed by atoms with van der Waals surface area (Å²) in [5.74, 6) is -0.986. The Morgan fingerprint density at radius 3 is 2.73 bits per heavy atom. The van der Waals surface area contributed by atoms with Gasteiger partial charge in [0.15, 0.2) is 11.6 Å². The molecule has 1 aromatic rings. The first-order valence-corrected chi connectivity index (χ1v) is 2.97. The number of ether oxygens (including phenoxy) is 1. The summed E-state index contributed by atoms with van der Waals surface area (Å²) in [5, 5.41) is 8.81. The smallest absolute Gasteiger partial charge is 0.168 e. The maximum Gasteiger partial charge on any atom is 0.168 e. The van der Waals surface area contributed by atoms with Crippen LogP contribution < -0.4 is 10.5 Å². The van der Waals surface area contributed by atoms with E-state index in [9.17, 15) is 4.39 Å². The molecule has 0 heterocycles. The number of halogens is 1. The number of benzene rings is 1. The molecule has 3 N–H and O–H groups in total. The fourth-order valence-corrected chi connectivity index (χ4v) is 0.737. The van der Waals surface area contributed by atoms with Crippen molar-refractivity contribution >= 4 is 5.69 Å². The monoisotopic (exact) mass is 157 g/mol. The molecule has 0 aliphatic carbocycles. The summed E-state index contributed by atoms with van der Waals surface area (Å²) in [6.45, 7) is 0. The van der Waals surface area contributed by atoms with Gasteiger partial charge < -0.3 is 15.6 Å².